The van der Waals surface area contributed by atoms with Gasteiger partial charge >= 0.3 is 0 Å². The van der Waals surface area contributed by atoms with Crippen LogP contribution in [0.4, 0.5) is 22.9 Å². The van der Waals surface area contributed by atoms with Gasteiger partial charge in [0.1, 0.15) is 17.8 Å². The fourth-order valence-corrected chi connectivity index (χ4v) is 5.11. The van der Waals surface area contributed by atoms with E-state index in [2.05, 4.69) is 48.7 Å². The van der Waals surface area contributed by atoms with E-state index in [0.29, 0.717) is 6.42 Å². The maximum atomic E-state index is 13.0. The molecule has 1 amide bonds. The van der Waals surface area contributed by atoms with E-state index in [0.717, 1.165) is 84.3 Å². The van der Waals surface area contributed by atoms with Gasteiger partial charge in [0.05, 0.1) is 30.0 Å². The number of H-pyrrole nitrogens is 1. The Hall–Kier alpha value is -3.91. The van der Waals surface area contributed by atoms with Gasteiger partial charge in [-0.1, -0.05) is 30.3 Å². The third-order valence-electron chi connectivity index (χ3n) is 6.90. The number of carbonyl (C=O) groups is 1. The van der Waals surface area contributed by atoms with Gasteiger partial charge in [-0.05, 0) is 49.1 Å². The Morgan fingerprint density at radius 2 is 1.83 bits per heavy atom. The smallest absolute Gasteiger partial charge is 0.227 e. The van der Waals surface area contributed by atoms with E-state index in [4.69, 9.17) is 4.74 Å². The summed E-state index contributed by atoms with van der Waals surface area (Å²) in [6.45, 7) is 3.17. The second-order valence-electron chi connectivity index (χ2n) is 9.06. The van der Waals surface area contributed by atoms with Crippen LogP contribution in [0.15, 0.2) is 60.9 Å². The SMILES string of the molecule is O=C(Nc1ccccc1)[C@H]1CCc2[nH]c3ncnc(Nc4ccccc4N4CCOCC4)c3c2C1. The number of amides is 1. The summed E-state index contributed by atoms with van der Waals surface area (Å²) < 4.78 is 5.54. The average Bonchev–Trinajstić information content (AvgIpc) is 3.29. The number of rotatable bonds is 5. The Morgan fingerprint density at radius 3 is 2.69 bits per heavy atom. The summed E-state index contributed by atoms with van der Waals surface area (Å²) in [7, 11) is 0. The van der Waals surface area contributed by atoms with Crippen LogP contribution in [0.1, 0.15) is 17.7 Å². The molecule has 0 unspecified atom stereocenters. The first-order valence-electron chi connectivity index (χ1n) is 12.2. The lowest BCUT2D eigenvalue weighted by atomic mass is 9.86. The molecule has 0 radical (unpaired) electrons. The Bertz CT molecular complexity index is 1350. The van der Waals surface area contributed by atoms with Gasteiger partial charge < -0.3 is 25.3 Å². The minimum atomic E-state index is -0.101. The van der Waals surface area contributed by atoms with Gasteiger partial charge in [-0.3, -0.25) is 4.79 Å². The maximum absolute atomic E-state index is 13.0. The number of aromatic amines is 1. The minimum Gasteiger partial charge on any atom is -0.378 e. The van der Waals surface area contributed by atoms with Crippen molar-refractivity contribution in [2.75, 3.05) is 41.8 Å². The van der Waals surface area contributed by atoms with Crippen LogP contribution in [0.25, 0.3) is 11.0 Å². The lowest BCUT2D eigenvalue weighted by molar-refractivity contribution is -0.120. The third kappa shape index (κ3) is 4.33. The van der Waals surface area contributed by atoms with E-state index in [-0.39, 0.29) is 11.8 Å². The monoisotopic (exact) mass is 468 g/mol. The molecule has 1 atom stereocenters. The van der Waals surface area contributed by atoms with Crippen LogP contribution in [0.3, 0.4) is 0 Å². The Morgan fingerprint density at radius 1 is 1.03 bits per heavy atom. The summed E-state index contributed by atoms with van der Waals surface area (Å²) in [4.78, 5) is 28.0. The highest BCUT2D eigenvalue weighted by Crippen LogP contribution is 2.37. The molecule has 0 saturated carbocycles. The van der Waals surface area contributed by atoms with Crippen molar-refractivity contribution in [3.8, 4) is 0 Å². The first-order valence-corrected chi connectivity index (χ1v) is 12.2. The van der Waals surface area contributed by atoms with E-state index in [1.165, 1.54) is 0 Å². The van der Waals surface area contributed by atoms with Gasteiger partial charge in [-0.25, -0.2) is 9.97 Å². The molecule has 1 aliphatic carbocycles. The minimum absolute atomic E-state index is 0.0558. The van der Waals surface area contributed by atoms with Crippen molar-refractivity contribution in [3.63, 3.8) is 0 Å². The zero-order chi connectivity index (χ0) is 23.6. The molecule has 6 rings (SSSR count). The van der Waals surface area contributed by atoms with E-state index < -0.39 is 0 Å². The largest absolute Gasteiger partial charge is 0.378 e. The molecular formula is C27H28N6O2. The number of fused-ring (bicyclic) bond motifs is 3. The number of para-hydroxylation sites is 3. The van der Waals surface area contributed by atoms with Crippen molar-refractivity contribution in [3.05, 3.63) is 72.2 Å². The van der Waals surface area contributed by atoms with Gasteiger partial charge in [-0.2, -0.15) is 0 Å². The number of aryl methyl sites for hydroxylation is 1. The molecule has 2 aliphatic rings. The molecule has 35 heavy (non-hydrogen) atoms. The summed E-state index contributed by atoms with van der Waals surface area (Å²) in [5.41, 5.74) is 6.04. The molecule has 178 valence electrons. The van der Waals surface area contributed by atoms with E-state index in [9.17, 15) is 4.79 Å². The van der Waals surface area contributed by atoms with E-state index in [1.807, 2.05) is 36.4 Å². The number of aromatic nitrogens is 3. The summed E-state index contributed by atoms with van der Waals surface area (Å²) in [5, 5.41) is 7.62. The predicted molar refractivity (Wildman–Crippen MR) is 137 cm³/mol. The van der Waals surface area contributed by atoms with Crippen LogP contribution in [0.5, 0.6) is 0 Å². The molecule has 0 bridgehead atoms. The van der Waals surface area contributed by atoms with Gasteiger partial charge in [0.15, 0.2) is 0 Å². The van der Waals surface area contributed by atoms with E-state index in [1.54, 1.807) is 6.33 Å². The standard InChI is InChI=1S/C27H28N6O2/c34-27(30-19-6-2-1-3-7-19)18-10-11-21-20(16-18)24-25(31-21)28-17-29-26(24)32-22-8-4-5-9-23(22)33-12-14-35-15-13-33/h1-9,17-18H,10-16H2,(H,30,34)(H2,28,29,31,32)/t18-/m0/s1. The number of nitrogens with zero attached hydrogens (tertiary/aromatic N) is 3. The van der Waals surface area contributed by atoms with Gasteiger partial charge in [-0.15, -0.1) is 0 Å². The highest BCUT2D eigenvalue weighted by atomic mass is 16.5. The highest BCUT2D eigenvalue weighted by Gasteiger charge is 2.29. The molecule has 0 spiro atoms. The predicted octanol–water partition coefficient (Wildman–Crippen LogP) is 4.28. The van der Waals surface area contributed by atoms with Crippen LogP contribution < -0.4 is 15.5 Å². The molecule has 3 N–H and O–H groups in total. The number of morpholine rings is 1. The van der Waals surface area contributed by atoms with Crippen LogP contribution in [0, 0.1) is 5.92 Å². The fourth-order valence-electron chi connectivity index (χ4n) is 5.11. The number of carbonyl (C=O) groups excluding carboxylic acids is 1. The zero-order valence-corrected chi connectivity index (χ0v) is 19.5. The number of anilines is 4. The molecule has 1 aliphatic heterocycles. The van der Waals surface area contributed by atoms with Crippen molar-refractivity contribution < 1.29 is 9.53 Å². The third-order valence-corrected chi connectivity index (χ3v) is 6.90. The Balaban J connectivity index is 1.30. The first-order chi connectivity index (χ1) is 17.3. The summed E-state index contributed by atoms with van der Waals surface area (Å²) in [5.74, 6) is 0.716. The van der Waals surface area contributed by atoms with Crippen LogP contribution in [-0.2, 0) is 22.4 Å². The molecule has 8 heteroatoms. The van der Waals surface area contributed by atoms with E-state index >= 15 is 0 Å². The molecule has 3 heterocycles. The van der Waals surface area contributed by atoms with Gasteiger partial charge in [0, 0.05) is 30.4 Å². The molecule has 1 fully saturated rings. The van der Waals surface area contributed by atoms with Gasteiger partial charge in [0.2, 0.25) is 5.91 Å². The van der Waals surface area contributed by atoms with Crippen LogP contribution >= 0.6 is 0 Å². The number of hydrogen-bond acceptors (Lipinski definition) is 6. The van der Waals surface area contributed by atoms with Crippen molar-refractivity contribution in [2.45, 2.75) is 19.3 Å². The summed E-state index contributed by atoms with van der Waals surface area (Å²) in [6.07, 6.45) is 3.85. The summed E-state index contributed by atoms with van der Waals surface area (Å²) >= 11 is 0. The average molecular weight is 469 g/mol. The molecule has 8 nitrogen and oxygen atoms in total. The first kappa shape index (κ1) is 21.6. The fraction of sp³-hybridized carbons (Fsp3) is 0.296. The molecule has 2 aromatic carbocycles. The lowest BCUT2D eigenvalue weighted by Gasteiger charge is -2.30. The van der Waals surface area contributed by atoms with Crippen molar-refractivity contribution in [1.82, 2.24) is 15.0 Å². The number of hydrogen-bond donors (Lipinski definition) is 3. The topological polar surface area (TPSA) is 95.2 Å². The molecule has 4 aromatic rings. The summed E-state index contributed by atoms with van der Waals surface area (Å²) in [6, 6.07) is 17.9. The molecule has 2 aromatic heterocycles. The van der Waals surface area contributed by atoms with Crippen molar-refractivity contribution >= 4 is 39.8 Å². The quantitative estimate of drug-likeness (QED) is 0.405. The van der Waals surface area contributed by atoms with Crippen LogP contribution in [-0.4, -0.2) is 47.2 Å². The Labute approximate surface area is 203 Å². The number of nitrogens with one attached hydrogen (secondary N) is 3. The second-order valence-corrected chi connectivity index (χ2v) is 9.06. The zero-order valence-electron chi connectivity index (χ0n) is 19.5. The maximum Gasteiger partial charge on any atom is 0.227 e. The Kier molecular flexibility index (Phi) is 5.79. The molecule has 1 saturated heterocycles. The highest BCUT2D eigenvalue weighted by molar-refractivity contribution is 5.97. The normalized spacial score (nSPS) is 17.7. The van der Waals surface area contributed by atoms with Crippen molar-refractivity contribution in [1.29, 1.82) is 0 Å². The lowest BCUT2D eigenvalue weighted by Crippen LogP contribution is -2.36. The second kappa shape index (κ2) is 9.38. The molecular weight excluding hydrogens is 440 g/mol. The van der Waals surface area contributed by atoms with Crippen LogP contribution in [0.2, 0.25) is 0 Å². The number of benzene rings is 2. The number of ether oxygens (including phenoxy) is 1. The van der Waals surface area contributed by atoms with Crippen molar-refractivity contribution in [2.24, 2.45) is 5.92 Å². The van der Waals surface area contributed by atoms with Gasteiger partial charge in [0.25, 0.3) is 0 Å².